The average Bonchev–Trinajstić information content (AvgIpc) is 2.74. The molecule has 0 aromatic heterocycles. The van der Waals surface area contributed by atoms with Gasteiger partial charge in [-0.25, -0.2) is 0 Å². The molecule has 0 saturated carbocycles. The topological polar surface area (TPSA) is 55.3 Å². The molecule has 0 bridgehead atoms. The number of aliphatic hydroxyl groups is 1. The molecule has 1 atom stereocenters. The van der Waals surface area contributed by atoms with Crippen LogP contribution in [0.1, 0.15) is 29.7 Å². The molecule has 0 fully saturated rings. The van der Waals surface area contributed by atoms with Crippen LogP contribution >= 0.6 is 0 Å². The normalized spacial score (nSPS) is 11.8. The fourth-order valence-electron chi connectivity index (χ4n) is 3.09. The van der Waals surface area contributed by atoms with Crippen molar-refractivity contribution in [3.8, 4) is 11.5 Å². The highest BCUT2D eigenvalue weighted by Gasteiger charge is 2.14. The first-order chi connectivity index (χ1) is 13.8. The molecule has 0 heterocycles. The van der Waals surface area contributed by atoms with Crippen molar-refractivity contribution in [2.45, 2.75) is 26.2 Å². The highest BCUT2D eigenvalue weighted by molar-refractivity contribution is 5.46. The van der Waals surface area contributed by atoms with Crippen molar-refractivity contribution >= 4 is 0 Å². The maximum atomic E-state index is 10.4. The van der Waals surface area contributed by atoms with Gasteiger partial charge in [-0.1, -0.05) is 66.7 Å². The van der Waals surface area contributed by atoms with Crippen molar-refractivity contribution in [3.63, 3.8) is 0 Å². The molecule has 0 aliphatic heterocycles. The molecule has 0 saturated heterocycles. The van der Waals surface area contributed by atoms with Gasteiger partial charge in [0.05, 0.1) is 12.2 Å². The fourth-order valence-corrected chi connectivity index (χ4v) is 3.09. The minimum absolute atomic E-state index is 0.491. The van der Waals surface area contributed by atoms with E-state index in [0.717, 1.165) is 28.2 Å². The maximum absolute atomic E-state index is 10.4. The van der Waals surface area contributed by atoms with Crippen molar-refractivity contribution in [3.05, 3.63) is 95.6 Å². The predicted octanol–water partition coefficient (Wildman–Crippen LogP) is 3.46. The van der Waals surface area contributed by atoms with Crippen LogP contribution in [0.15, 0.2) is 78.9 Å². The van der Waals surface area contributed by atoms with Gasteiger partial charge in [-0.15, -0.1) is 0 Å². The number of aliphatic hydroxyl groups excluding tert-OH is 1. The summed E-state index contributed by atoms with van der Waals surface area (Å²) in [5.41, 5.74) is 3.10. The van der Waals surface area contributed by atoms with Gasteiger partial charge in [0.2, 0.25) is 0 Å². The molecule has 3 N–H and O–H groups in total. The van der Waals surface area contributed by atoms with E-state index in [2.05, 4.69) is 5.32 Å². The zero-order valence-electron chi connectivity index (χ0n) is 16.3. The van der Waals surface area contributed by atoms with Crippen LogP contribution in [0, 0.1) is 0 Å². The first-order valence-corrected chi connectivity index (χ1v) is 9.74. The number of rotatable bonds is 10. The molecule has 0 radical (unpaired) electrons. The molecule has 28 heavy (non-hydrogen) atoms. The summed E-state index contributed by atoms with van der Waals surface area (Å²) in [6, 6.07) is 25.8. The second-order valence-corrected chi connectivity index (χ2v) is 6.61. The molecule has 3 rings (SSSR count). The lowest BCUT2D eigenvalue weighted by Crippen LogP contribution is -2.83. The Bertz CT molecular complexity index is 837. The predicted molar refractivity (Wildman–Crippen MR) is 110 cm³/mol. The summed E-state index contributed by atoms with van der Waals surface area (Å²) < 4.78 is 11.9. The number of nitrogens with two attached hydrogens (primary N) is 1. The van der Waals surface area contributed by atoms with E-state index in [0.29, 0.717) is 26.3 Å². The number of ether oxygens (including phenoxy) is 2. The third kappa shape index (κ3) is 5.59. The first-order valence-electron chi connectivity index (χ1n) is 9.74. The van der Waals surface area contributed by atoms with Crippen LogP contribution in [0.2, 0.25) is 0 Å². The van der Waals surface area contributed by atoms with E-state index in [1.807, 2.05) is 85.8 Å². The lowest BCUT2D eigenvalue weighted by atomic mass is 10.1. The second-order valence-electron chi connectivity index (χ2n) is 6.61. The van der Waals surface area contributed by atoms with Gasteiger partial charge in [0, 0.05) is 0 Å². The summed E-state index contributed by atoms with van der Waals surface area (Å²) in [4.78, 5) is 0. The number of para-hydroxylation sites is 1. The standard InChI is InChI=1S/C24H27NO3/c1-2-27-23-15-9-14-21(24(23)28-18-19-10-5-3-6-11-19)16-25-17-22(26)20-12-7-4-8-13-20/h3-15,22,25-26H,2,16-18H2,1H3/p+1/t22-/m1/s1. The van der Waals surface area contributed by atoms with Crippen LogP contribution in [0.3, 0.4) is 0 Å². The third-order valence-corrected chi connectivity index (χ3v) is 4.52. The molecule has 4 nitrogen and oxygen atoms in total. The van der Waals surface area contributed by atoms with Gasteiger partial charge in [-0.2, -0.15) is 0 Å². The van der Waals surface area contributed by atoms with Gasteiger partial charge in [0.1, 0.15) is 25.8 Å². The quantitative estimate of drug-likeness (QED) is 0.568. The van der Waals surface area contributed by atoms with Gasteiger partial charge >= 0.3 is 0 Å². The molecule has 0 spiro atoms. The number of quaternary nitrogens is 1. The largest absolute Gasteiger partial charge is 0.490 e. The summed E-state index contributed by atoms with van der Waals surface area (Å²) in [6.45, 7) is 4.33. The van der Waals surface area contributed by atoms with Crippen LogP contribution in [0.25, 0.3) is 0 Å². The summed E-state index contributed by atoms with van der Waals surface area (Å²) >= 11 is 0. The molecule has 3 aromatic rings. The van der Waals surface area contributed by atoms with E-state index < -0.39 is 6.10 Å². The van der Waals surface area contributed by atoms with E-state index >= 15 is 0 Å². The van der Waals surface area contributed by atoms with Crippen molar-refractivity contribution in [2.75, 3.05) is 13.2 Å². The van der Waals surface area contributed by atoms with Gasteiger partial charge in [-0.3, -0.25) is 0 Å². The Labute approximate surface area is 166 Å². The molecule has 4 heteroatoms. The molecule has 0 aliphatic carbocycles. The fraction of sp³-hybridized carbons (Fsp3) is 0.250. The lowest BCUT2D eigenvalue weighted by Gasteiger charge is -2.16. The molecule has 0 aliphatic rings. The van der Waals surface area contributed by atoms with Gasteiger partial charge < -0.3 is 19.9 Å². The van der Waals surface area contributed by atoms with Crippen LogP contribution in [0.5, 0.6) is 11.5 Å². The molecule has 0 amide bonds. The Morgan fingerprint density at radius 3 is 2.29 bits per heavy atom. The van der Waals surface area contributed by atoms with Gasteiger partial charge in [0.15, 0.2) is 11.5 Å². The van der Waals surface area contributed by atoms with Gasteiger partial charge in [-0.05, 0) is 30.2 Å². The van der Waals surface area contributed by atoms with Crippen LogP contribution in [-0.2, 0) is 13.2 Å². The van der Waals surface area contributed by atoms with Crippen molar-refractivity contribution in [1.82, 2.24) is 0 Å². The Morgan fingerprint density at radius 2 is 1.57 bits per heavy atom. The highest BCUT2D eigenvalue weighted by Crippen LogP contribution is 2.31. The van der Waals surface area contributed by atoms with E-state index in [9.17, 15) is 5.11 Å². The number of hydrogen-bond acceptors (Lipinski definition) is 3. The van der Waals surface area contributed by atoms with E-state index in [4.69, 9.17) is 9.47 Å². The summed E-state index contributed by atoms with van der Waals surface area (Å²) in [6.07, 6.45) is -0.495. The monoisotopic (exact) mass is 378 g/mol. The van der Waals surface area contributed by atoms with Crippen molar-refractivity contribution < 1.29 is 19.9 Å². The van der Waals surface area contributed by atoms with Crippen molar-refractivity contribution in [1.29, 1.82) is 0 Å². The van der Waals surface area contributed by atoms with Crippen LogP contribution in [-0.4, -0.2) is 18.3 Å². The molecule has 3 aromatic carbocycles. The van der Waals surface area contributed by atoms with E-state index in [1.165, 1.54) is 0 Å². The Hall–Kier alpha value is -2.82. The van der Waals surface area contributed by atoms with Gasteiger partial charge in [0.25, 0.3) is 0 Å². The Balaban J connectivity index is 1.66. The second kappa shape index (κ2) is 10.5. The average molecular weight is 378 g/mol. The Morgan fingerprint density at radius 1 is 0.857 bits per heavy atom. The van der Waals surface area contributed by atoms with E-state index in [-0.39, 0.29) is 0 Å². The van der Waals surface area contributed by atoms with Crippen molar-refractivity contribution in [2.24, 2.45) is 0 Å². The number of hydrogen-bond donors (Lipinski definition) is 2. The summed E-state index contributed by atoms with van der Waals surface area (Å²) in [5, 5.41) is 12.5. The number of benzene rings is 3. The first kappa shape index (κ1) is 19.9. The molecular formula is C24H28NO3+. The third-order valence-electron chi connectivity index (χ3n) is 4.52. The lowest BCUT2D eigenvalue weighted by molar-refractivity contribution is -0.677. The van der Waals surface area contributed by atoms with Crippen LogP contribution in [0.4, 0.5) is 0 Å². The molecular weight excluding hydrogens is 350 g/mol. The Kier molecular flexibility index (Phi) is 7.47. The highest BCUT2D eigenvalue weighted by atomic mass is 16.5. The minimum Gasteiger partial charge on any atom is -0.490 e. The maximum Gasteiger partial charge on any atom is 0.170 e. The zero-order valence-corrected chi connectivity index (χ0v) is 16.3. The summed E-state index contributed by atoms with van der Waals surface area (Å²) in [5.74, 6) is 1.53. The minimum atomic E-state index is -0.495. The summed E-state index contributed by atoms with van der Waals surface area (Å²) in [7, 11) is 0. The smallest absolute Gasteiger partial charge is 0.170 e. The SMILES string of the molecule is CCOc1cccc(C[NH2+]C[C@@H](O)c2ccccc2)c1OCc1ccccc1. The van der Waals surface area contributed by atoms with Crippen LogP contribution < -0.4 is 14.8 Å². The molecule has 146 valence electrons. The zero-order chi connectivity index (χ0) is 19.6. The van der Waals surface area contributed by atoms with E-state index in [1.54, 1.807) is 0 Å². The molecule has 0 unspecified atom stereocenters.